The lowest BCUT2D eigenvalue weighted by molar-refractivity contribution is -0.119. The molecule has 1 aromatic heterocycles. The first-order valence-corrected chi connectivity index (χ1v) is 9.76. The first kappa shape index (κ1) is 19.9. The number of ether oxygens (including phenoxy) is 1. The Kier molecular flexibility index (Phi) is 6.02. The number of para-hydroxylation sites is 2. The number of nitrogens with one attached hydrogen (secondary N) is 1. The van der Waals surface area contributed by atoms with Crippen molar-refractivity contribution in [2.75, 3.05) is 6.61 Å². The Hall–Kier alpha value is -2.82. The molecule has 0 fully saturated rings. The van der Waals surface area contributed by atoms with E-state index in [1.807, 2.05) is 30.3 Å². The van der Waals surface area contributed by atoms with Crippen LogP contribution in [-0.4, -0.2) is 22.1 Å². The number of aromatic nitrogens is 2. The topological polar surface area (TPSA) is 56.2 Å². The zero-order valence-electron chi connectivity index (χ0n) is 17.2. The second-order valence-corrected chi connectivity index (χ2v) is 8.05. The van der Waals surface area contributed by atoms with E-state index < -0.39 is 0 Å². The van der Waals surface area contributed by atoms with Crippen molar-refractivity contribution in [3.8, 4) is 5.75 Å². The van der Waals surface area contributed by atoms with Gasteiger partial charge in [0.05, 0.1) is 24.2 Å². The fourth-order valence-corrected chi connectivity index (χ4v) is 3.18. The summed E-state index contributed by atoms with van der Waals surface area (Å²) in [6.45, 7) is 9.98. The van der Waals surface area contributed by atoms with E-state index in [2.05, 4.69) is 53.8 Å². The number of hydrogen-bond acceptors (Lipinski definition) is 3. The highest BCUT2D eigenvalue weighted by atomic mass is 16.5. The predicted molar refractivity (Wildman–Crippen MR) is 113 cm³/mol. The smallest absolute Gasteiger partial charge is 0.217 e. The van der Waals surface area contributed by atoms with Gasteiger partial charge >= 0.3 is 0 Å². The van der Waals surface area contributed by atoms with Crippen molar-refractivity contribution < 1.29 is 9.53 Å². The molecule has 1 N–H and O–H groups in total. The van der Waals surface area contributed by atoms with Crippen LogP contribution < -0.4 is 10.1 Å². The van der Waals surface area contributed by atoms with E-state index in [0.29, 0.717) is 13.2 Å². The summed E-state index contributed by atoms with van der Waals surface area (Å²) in [6.07, 6.45) is 0.856. The van der Waals surface area contributed by atoms with Crippen molar-refractivity contribution in [1.82, 2.24) is 14.9 Å². The van der Waals surface area contributed by atoms with Crippen molar-refractivity contribution in [1.29, 1.82) is 0 Å². The molecule has 1 heterocycles. The number of benzene rings is 2. The molecule has 3 rings (SSSR count). The van der Waals surface area contributed by atoms with Crippen molar-refractivity contribution >= 4 is 16.9 Å². The predicted octanol–water partition coefficient (Wildman–Crippen LogP) is 4.44. The van der Waals surface area contributed by atoms with Gasteiger partial charge in [0.2, 0.25) is 5.91 Å². The van der Waals surface area contributed by atoms with Crippen LogP contribution in [0, 0.1) is 0 Å². The molecule has 5 heteroatoms. The molecule has 2 aromatic carbocycles. The lowest BCUT2D eigenvalue weighted by atomic mass is 9.87. The van der Waals surface area contributed by atoms with Gasteiger partial charge in [-0.1, -0.05) is 45.0 Å². The van der Waals surface area contributed by atoms with Crippen molar-refractivity contribution in [2.24, 2.45) is 0 Å². The Balaban J connectivity index is 1.62. The standard InChI is InChI=1S/C23H29N3O2/c1-17(27)24-16-22-25-20-8-5-6-9-21(20)26(22)14-7-15-28-19-12-10-18(11-13-19)23(2,3)4/h5-6,8-13H,7,14-16H2,1-4H3,(H,24,27). The molecule has 0 aliphatic rings. The van der Waals surface area contributed by atoms with Gasteiger partial charge < -0.3 is 14.6 Å². The minimum Gasteiger partial charge on any atom is -0.494 e. The van der Waals surface area contributed by atoms with Crippen LogP contribution in [0.2, 0.25) is 0 Å². The summed E-state index contributed by atoms with van der Waals surface area (Å²) >= 11 is 0. The van der Waals surface area contributed by atoms with Gasteiger partial charge in [-0.05, 0) is 41.7 Å². The van der Waals surface area contributed by atoms with Gasteiger partial charge in [-0.3, -0.25) is 4.79 Å². The first-order chi connectivity index (χ1) is 13.3. The summed E-state index contributed by atoms with van der Waals surface area (Å²) in [5, 5.41) is 2.84. The summed E-state index contributed by atoms with van der Waals surface area (Å²) in [4.78, 5) is 15.9. The van der Waals surface area contributed by atoms with E-state index in [-0.39, 0.29) is 11.3 Å². The van der Waals surface area contributed by atoms with Crippen LogP contribution in [0.3, 0.4) is 0 Å². The largest absolute Gasteiger partial charge is 0.494 e. The molecule has 0 aliphatic carbocycles. The number of hydrogen-bond donors (Lipinski definition) is 1. The summed E-state index contributed by atoms with van der Waals surface area (Å²) in [5.74, 6) is 1.70. The summed E-state index contributed by atoms with van der Waals surface area (Å²) in [7, 11) is 0. The van der Waals surface area contributed by atoms with Crippen molar-refractivity contribution in [3.05, 3.63) is 59.9 Å². The Bertz CT molecular complexity index is 937. The third kappa shape index (κ3) is 4.91. The average Bonchev–Trinajstić information content (AvgIpc) is 3.01. The summed E-state index contributed by atoms with van der Waals surface area (Å²) in [5.41, 5.74) is 3.47. The molecule has 0 atom stereocenters. The molecule has 0 spiro atoms. The van der Waals surface area contributed by atoms with Crippen LogP contribution in [0.5, 0.6) is 5.75 Å². The number of carbonyl (C=O) groups is 1. The van der Waals surface area contributed by atoms with E-state index in [0.717, 1.165) is 35.6 Å². The molecule has 5 nitrogen and oxygen atoms in total. The minimum atomic E-state index is -0.0550. The molecule has 0 unspecified atom stereocenters. The average molecular weight is 380 g/mol. The van der Waals surface area contributed by atoms with Crippen LogP contribution >= 0.6 is 0 Å². The number of fused-ring (bicyclic) bond motifs is 1. The SMILES string of the molecule is CC(=O)NCc1nc2ccccc2n1CCCOc1ccc(C(C)(C)C)cc1. The van der Waals surface area contributed by atoms with Crippen LogP contribution in [-0.2, 0) is 23.3 Å². The molecule has 1 amide bonds. The third-order valence-corrected chi connectivity index (χ3v) is 4.74. The number of nitrogens with zero attached hydrogens (tertiary/aromatic N) is 2. The number of aryl methyl sites for hydroxylation is 1. The molecule has 0 saturated carbocycles. The van der Waals surface area contributed by atoms with Gasteiger partial charge in [0, 0.05) is 13.5 Å². The fourth-order valence-electron chi connectivity index (χ4n) is 3.18. The molecule has 0 saturated heterocycles. The maximum Gasteiger partial charge on any atom is 0.217 e. The highest BCUT2D eigenvalue weighted by molar-refractivity contribution is 5.76. The van der Waals surface area contributed by atoms with Crippen LogP contribution in [0.25, 0.3) is 11.0 Å². The number of carbonyl (C=O) groups excluding carboxylic acids is 1. The van der Waals surface area contributed by atoms with Gasteiger partial charge in [-0.15, -0.1) is 0 Å². The highest BCUT2D eigenvalue weighted by Crippen LogP contribution is 2.24. The Morgan fingerprint density at radius 1 is 1.11 bits per heavy atom. The lowest BCUT2D eigenvalue weighted by Gasteiger charge is -2.19. The summed E-state index contributed by atoms with van der Waals surface area (Å²) in [6, 6.07) is 16.4. The van der Waals surface area contributed by atoms with Crippen LogP contribution in [0.1, 0.15) is 45.5 Å². The zero-order valence-corrected chi connectivity index (χ0v) is 17.2. The van der Waals surface area contributed by atoms with Gasteiger partial charge in [0.25, 0.3) is 0 Å². The molecular formula is C23H29N3O2. The minimum absolute atomic E-state index is 0.0550. The van der Waals surface area contributed by atoms with Gasteiger partial charge in [0.1, 0.15) is 11.6 Å². The first-order valence-electron chi connectivity index (χ1n) is 9.76. The Labute approximate surface area is 166 Å². The molecule has 148 valence electrons. The molecule has 0 bridgehead atoms. The molecular weight excluding hydrogens is 350 g/mol. The highest BCUT2D eigenvalue weighted by Gasteiger charge is 2.13. The Morgan fingerprint density at radius 2 is 1.82 bits per heavy atom. The van der Waals surface area contributed by atoms with Crippen LogP contribution in [0.15, 0.2) is 48.5 Å². The summed E-state index contributed by atoms with van der Waals surface area (Å²) < 4.78 is 8.08. The monoisotopic (exact) mass is 379 g/mol. The number of rotatable bonds is 7. The van der Waals surface area contributed by atoms with Crippen LogP contribution in [0.4, 0.5) is 0 Å². The third-order valence-electron chi connectivity index (χ3n) is 4.74. The normalized spacial score (nSPS) is 11.6. The van der Waals surface area contributed by atoms with E-state index in [4.69, 9.17) is 4.74 Å². The van der Waals surface area contributed by atoms with E-state index in [9.17, 15) is 4.79 Å². The Morgan fingerprint density at radius 3 is 2.50 bits per heavy atom. The second-order valence-electron chi connectivity index (χ2n) is 8.05. The maximum absolute atomic E-state index is 11.3. The molecule has 0 radical (unpaired) electrons. The quantitative estimate of drug-likeness (QED) is 0.618. The molecule has 0 aliphatic heterocycles. The van der Waals surface area contributed by atoms with E-state index in [1.54, 1.807) is 0 Å². The van der Waals surface area contributed by atoms with Gasteiger partial charge in [-0.2, -0.15) is 0 Å². The van der Waals surface area contributed by atoms with Gasteiger partial charge in [-0.25, -0.2) is 4.98 Å². The molecule has 28 heavy (non-hydrogen) atoms. The fraction of sp³-hybridized carbons (Fsp3) is 0.391. The van der Waals surface area contributed by atoms with E-state index in [1.165, 1.54) is 12.5 Å². The van der Waals surface area contributed by atoms with Gasteiger partial charge in [0.15, 0.2) is 0 Å². The second kappa shape index (κ2) is 8.46. The number of amides is 1. The van der Waals surface area contributed by atoms with Crippen molar-refractivity contribution in [2.45, 2.75) is 52.6 Å². The number of imidazole rings is 1. The zero-order chi connectivity index (χ0) is 20.1. The lowest BCUT2D eigenvalue weighted by Crippen LogP contribution is -2.22. The van der Waals surface area contributed by atoms with E-state index >= 15 is 0 Å². The maximum atomic E-state index is 11.3. The van der Waals surface area contributed by atoms with Crippen molar-refractivity contribution in [3.63, 3.8) is 0 Å². The molecule has 3 aromatic rings.